The minimum absolute atomic E-state index is 0.0669. The zero-order valence-electron chi connectivity index (χ0n) is 12.7. The Hall–Kier alpha value is -2.05. The highest BCUT2D eigenvalue weighted by Gasteiger charge is 2.21. The summed E-state index contributed by atoms with van der Waals surface area (Å²) in [7, 11) is 0. The van der Waals surface area contributed by atoms with Gasteiger partial charge in [-0.1, -0.05) is 19.3 Å². The monoisotopic (exact) mass is 305 g/mol. The Bertz CT molecular complexity index is 536. The molecule has 2 aliphatic rings. The molecule has 1 aromatic heterocycles. The fourth-order valence-electron chi connectivity index (χ4n) is 3.21. The van der Waals surface area contributed by atoms with Crippen LogP contribution in [-0.4, -0.2) is 46.7 Å². The van der Waals surface area contributed by atoms with Gasteiger partial charge in [-0.15, -0.1) is 0 Å². The quantitative estimate of drug-likeness (QED) is 0.792. The number of urea groups is 1. The number of nitrogens with zero attached hydrogens (tertiary/aromatic N) is 2. The maximum absolute atomic E-state index is 12.0. The zero-order valence-corrected chi connectivity index (χ0v) is 12.7. The Balaban J connectivity index is 1.53. The smallest absolute Gasteiger partial charge is 0.317 e. The van der Waals surface area contributed by atoms with E-state index in [4.69, 9.17) is 0 Å². The molecule has 1 saturated heterocycles. The van der Waals surface area contributed by atoms with Crippen molar-refractivity contribution in [1.82, 2.24) is 20.4 Å². The van der Waals surface area contributed by atoms with Crippen molar-refractivity contribution in [3.63, 3.8) is 0 Å². The molecule has 0 radical (unpaired) electrons. The van der Waals surface area contributed by atoms with Gasteiger partial charge < -0.3 is 15.5 Å². The molecule has 0 spiro atoms. The number of aromatic amines is 1. The largest absolute Gasteiger partial charge is 0.338 e. The van der Waals surface area contributed by atoms with Crippen LogP contribution >= 0.6 is 0 Å². The van der Waals surface area contributed by atoms with Crippen molar-refractivity contribution in [2.45, 2.75) is 44.4 Å². The fraction of sp³-hybridized carbons (Fsp3) is 0.667. The number of carbonyl (C=O) groups excluding carboxylic acids is 2. The number of H-pyrrole nitrogens is 1. The third kappa shape index (κ3) is 3.58. The zero-order chi connectivity index (χ0) is 15.4. The van der Waals surface area contributed by atoms with Crippen molar-refractivity contribution in [2.75, 3.05) is 25.0 Å². The highest BCUT2D eigenvalue weighted by Crippen LogP contribution is 2.32. The molecule has 0 atom stereocenters. The van der Waals surface area contributed by atoms with E-state index in [9.17, 15) is 9.59 Å². The third-order valence-corrected chi connectivity index (χ3v) is 4.41. The average Bonchev–Trinajstić information content (AvgIpc) is 2.99. The molecule has 22 heavy (non-hydrogen) atoms. The summed E-state index contributed by atoms with van der Waals surface area (Å²) in [5, 5.41) is 12.7. The number of hydrogen-bond donors (Lipinski definition) is 3. The molecule has 2 fully saturated rings. The van der Waals surface area contributed by atoms with Gasteiger partial charge in [0.05, 0.1) is 0 Å². The van der Waals surface area contributed by atoms with Gasteiger partial charge in [-0.05, 0) is 19.3 Å². The summed E-state index contributed by atoms with van der Waals surface area (Å²) in [6.07, 6.45) is 7.07. The number of aromatic nitrogens is 2. The number of nitrogens with one attached hydrogen (secondary N) is 3. The van der Waals surface area contributed by atoms with Crippen LogP contribution in [0.4, 0.5) is 10.6 Å². The summed E-state index contributed by atoms with van der Waals surface area (Å²) in [6, 6.07) is 1.75. The van der Waals surface area contributed by atoms with Gasteiger partial charge >= 0.3 is 6.03 Å². The van der Waals surface area contributed by atoms with Gasteiger partial charge in [0.1, 0.15) is 6.54 Å². The molecule has 0 unspecified atom stereocenters. The molecular weight excluding hydrogens is 282 g/mol. The SMILES string of the molecule is O=C(CN1CCCNC1=O)Nc1cc(C2CCCCC2)[nH]n1. The predicted molar refractivity (Wildman–Crippen MR) is 82.6 cm³/mol. The van der Waals surface area contributed by atoms with Gasteiger partial charge in [0.15, 0.2) is 5.82 Å². The van der Waals surface area contributed by atoms with E-state index in [-0.39, 0.29) is 18.5 Å². The molecule has 1 saturated carbocycles. The van der Waals surface area contributed by atoms with Crippen LogP contribution in [0.3, 0.4) is 0 Å². The molecular formula is C15H23N5O2. The first kappa shape index (κ1) is 14.9. The molecule has 3 rings (SSSR count). The number of hydrogen-bond acceptors (Lipinski definition) is 3. The van der Waals surface area contributed by atoms with Gasteiger partial charge in [-0.2, -0.15) is 5.10 Å². The maximum Gasteiger partial charge on any atom is 0.317 e. The van der Waals surface area contributed by atoms with E-state index in [1.165, 1.54) is 37.0 Å². The fourth-order valence-corrected chi connectivity index (χ4v) is 3.21. The molecule has 7 nitrogen and oxygen atoms in total. The number of carbonyl (C=O) groups is 2. The van der Waals surface area contributed by atoms with Crippen LogP contribution in [0.25, 0.3) is 0 Å². The van der Waals surface area contributed by atoms with E-state index in [1.807, 2.05) is 6.07 Å². The molecule has 1 aromatic rings. The van der Waals surface area contributed by atoms with Gasteiger partial charge in [-0.3, -0.25) is 9.89 Å². The predicted octanol–water partition coefficient (Wildman–Crippen LogP) is 1.81. The molecule has 3 N–H and O–H groups in total. The van der Waals surface area contributed by atoms with Gasteiger partial charge in [0, 0.05) is 30.8 Å². The van der Waals surface area contributed by atoms with E-state index in [0.29, 0.717) is 24.8 Å². The van der Waals surface area contributed by atoms with Crippen LogP contribution in [0.2, 0.25) is 0 Å². The lowest BCUT2D eigenvalue weighted by Gasteiger charge is -2.26. The van der Waals surface area contributed by atoms with Crippen LogP contribution in [0.15, 0.2) is 6.07 Å². The van der Waals surface area contributed by atoms with Gasteiger partial charge in [0.2, 0.25) is 5.91 Å². The Morgan fingerprint density at radius 2 is 2.14 bits per heavy atom. The average molecular weight is 305 g/mol. The maximum atomic E-state index is 12.0. The lowest BCUT2D eigenvalue weighted by molar-refractivity contribution is -0.116. The summed E-state index contributed by atoms with van der Waals surface area (Å²) in [6.45, 7) is 1.37. The van der Waals surface area contributed by atoms with Crippen molar-refractivity contribution >= 4 is 17.8 Å². The van der Waals surface area contributed by atoms with Crippen molar-refractivity contribution in [2.24, 2.45) is 0 Å². The van der Waals surface area contributed by atoms with Crippen LogP contribution in [-0.2, 0) is 4.79 Å². The highest BCUT2D eigenvalue weighted by atomic mass is 16.2. The standard InChI is InChI=1S/C15H23N5O2/c21-14(10-20-8-4-7-16-15(20)22)17-13-9-12(18-19-13)11-5-2-1-3-6-11/h9,11H,1-8,10H2,(H,16,22)(H2,17,18,19,21). The van der Waals surface area contributed by atoms with E-state index in [1.54, 1.807) is 0 Å². The number of anilines is 1. The molecule has 0 aromatic carbocycles. The first-order chi connectivity index (χ1) is 10.7. The molecule has 3 amide bonds. The summed E-state index contributed by atoms with van der Waals surface area (Å²) in [5.41, 5.74) is 1.10. The third-order valence-electron chi connectivity index (χ3n) is 4.41. The van der Waals surface area contributed by atoms with Gasteiger partial charge in [-0.25, -0.2) is 4.79 Å². The molecule has 120 valence electrons. The minimum Gasteiger partial charge on any atom is -0.338 e. The summed E-state index contributed by atoms with van der Waals surface area (Å²) in [5.74, 6) is 0.863. The lowest BCUT2D eigenvalue weighted by atomic mass is 9.87. The Morgan fingerprint density at radius 1 is 1.32 bits per heavy atom. The normalized spacial score (nSPS) is 19.8. The van der Waals surface area contributed by atoms with E-state index in [0.717, 1.165) is 12.1 Å². The van der Waals surface area contributed by atoms with Gasteiger partial charge in [0.25, 0.3) is 0 Å². The van der Waals surface area contributed by atoms with Crippen molar-refractivity contribution in [3.8, 4) is 0 Å². The molecule has 2 heterocycles. The summed E-state index contributed by atoms with van der Waals surface area (Å²) >= 11 is 0. The summed E-state index contributed by atoms with van der Waals surface area (Å²) < 4.78 is 0. The molecule has 7 heteroatoms. The molecule has 1 aliphatic carbocycles. The second-order valence-corrected chi connectivity index (χ2v) is 6.10. The Labute approximate surface area is 129 Å². The van der Waals surface area contributed by atoms with E-state index >= 15 is 0 Å². The first-order valence-electron chi connectivity index (χ1n) is 8.10. The van der Waals surface area contributed by atoms with Crippen LogP contribution in [0, 0.1) is 0 Å². The van der Waals surface area contributed by atoms with Crippen LogP contribution < -0.4 is 10.6 Å². The number of rotatable bonds is 4. The summed E-state index contributed by atoms with van der Waals surface area (Å²) in [4.78, 5) is 25.2. The molecule has 0 bridgehead atoms. The van der Waals surface area contributed by atoms with Crippen LogP contribution in [0.1, 0.15) is 50.1 Å². The lowest BCUT2D eigenvalue weighted by Crippen LogP contribution is -2.49. The second-order valence-electron chi connectivity index (χ2n) is 6.10. The van der Waals surface area contributed by atoms with Crippen molar-refractivity contribution < 1.29 is 9.59 Å². The first-order valence-corrected chi connectivity index (χ1v) is 8.10. The highest BCUT2D eigenvalue weighted by molar-refractivity contribution is 5.93. The Kier molecular flexibility index (Phi) is 4.60. The number of amides is 3. The van der Waals surface area contributed by atoms with Crippen LogP contribution in [0.5, 0.6) is 0 Å². The Morgan fingerprint density at radius 3 is 2.91 bits per heavy atom. The van der Waals surface area contributed by atoms with Crippen molar-refractivity contribution in [3.05, 3.63) is 11.8 Å². The second kappa shape index (κ2) is 6.81. The minimum atomic E-state index is -0.209. The van der Waals surface area contributed by atoms with E-state index < -0.39 is 0 Å². The topological polar surface area (TPSA) is 90.1 Å². The van der Waals surface area contributed by atoms with Crippen molar-refractivity contribution in [1.29, 1.82) is 0 Å². The molecule has 1 aliphatic heterocycles. The van der Waals surface area contributed by atoms with E-state index in [2.05, 4.69) is 20.8 Å².